The molecule has 0 saturated carbocycles. The molecule has 1 aliphatic heterocycles. The van der Waals surface area contributed by atoms with Gasteiger partial charge in [0.05, 0.1) is 11.0 Å². The summed E-state index contributed by atoms with van der Waals surface area (Å²) < 4.78 is 7.66. The van der Waals surface area contributed by atoms with Gasteiger partial charge in [0.1, 0.15) is 11.4 Å². The van der Waals surface area contributed by atoms with Crippen molar-refractivity contribution < 1.29 is 14.3 Å². The van der Waals surface area contributed by atoms with Gasteiger partial charge in [-0.2, -0.15) is 0 Å². The number of piperidine rings is 1. The predicted molar refractivity (Wildman–Crippen MR) is 133 cm³/mol. The molecule has 0 atom stereocenters. The zero-order valence-corrected chi connectivity index (χ0v) is 20.7. The van der Waals surface area contributed by atoms with Gasteiger partial charge in [-0.15, -0.1) is 0 Å². The number of benzene rings is 2. The lowest BCUT2D eigenvalue weighted by Crippen LogP contribution is -2.48. The predicted octanol–water partition coefficient (Wildman–Crippen LogP) is 4.86. The van der Waals surface area contributed by atoms with Gasteiger partial charge in [0, 0.05) is 38.3 Å². The second-order valence-corrected chi connectivity index (χ2v) is 10.0. The maximum absolute atomic E-state index is 13.1. The van der Waals surface area contributed by atoms with E-state index >= 15 is 0 Å². The summed E-state index contributed by atoms with van der Waals surface area (Å²) in [7, 11) is 1.85. The van der Waals surface area contributed by atoms with Gasteiger partial charge in [0.2, 0.25) is 0 Å². The Morgan fingerprint density at radius 2 is 1.71 bits per heavy atom. The normalized spacial score (nSPS) is 14.9. The number of aryl methyl sites for hydroxylation is 1. The number of hydrogen-bond acceptors (Lipinski definition) is 4. The van der Waals surface area contributed by atoms with Crippen molar-refractivity contribution in [3.05, 3.63) is 65.5 Å². The minimum absolute atomic E-state index is 0.00605. The summed E-state index contributed by atoms with van der Waals surface area (Å²) in [5.74, 6) is 0.977. The van der Waals surface area contributed by atoms with Crippen molar-refractivity contribution in [1.29, 1.82) is 0 Å². The van der Waals surface area contributed by atoms with E-state index in [4.69, 9.17) is 4.74 Å². The number of amides is 2. The highest BCUT2D eigenvalue weighted by molar-refractivity contribution is 5.94. The van der Waals surface area contributed by atoms with E-state index < -0.39 is 5.60 Å². The van der Waals surface area contributed by atoms with Crippen LogP contribution in [-0.2, 0) is 11.3 Å². The molecule has 0 spiro atoms. The molecular formula is C27H34N4O3. The molecule has 1 aromatic heterocycles. The van der Waals surface area contributed by atoms with Crippen molar-refractivity contribution in [1.82, 2.24) is 19.4 Å². The van der Waals surface area contributed by atoms with Crippen LogP contribution in [0, 0.1) is 6.92 Å². The maximum Gasteiger partial charge on any atom is 0.410 e. The van der Waals surface area contributed by atoms with Crippen LogP contribution in [0.1, 0.15) is 55.4 Å². The summed E-state index contributed by atoms with van der Waals surface area (Å²) in [6.07, 6.45) is 1.20. The number of carbonyl (C=O) groups excluding carboxylic acids is 2. The minimum Gasteiger partial charge on any atom is -0.444 e. The topological polar surface area (TPSA) is 67.7 Å². The fourth-order valence-corrected chi connectivity index (χ4v) is 4.46. The zero-order valence-electron chi connectivity index (χ0n) is 20.7. The molecule has 34 heavy (non-hydrogen) atoms. The van der Waals surface area contributed by atoms with E-state index in [0.29, 0.717) is 25.2 Å². The first-order valence-electron chi connectivity index (χ1n) is 11.9. The Bertz CT molecular complexity index is 1170. The standard InChI is InChI=1S/C27H34N4O3/c1-19-28-23-8-6-7-9-24(23)31(19)18-20-10-12-21(13-11-20)25(32)29(5)22-14-16-30(17-15-22)26(33)34-27(2,3)4/h6-13,22H,14-18H2,1-5H3. The average molecular weight is 463 g/mol. The van der Waals surface area contributed by atoms with E-state index in [1.165, 1.54) is 0 Å². The molecule has 4 rings (SSSR count). The molecule has 0 N–H and O–H groups in total. The summed E-state index contributed by atoms with van der Waals surface area (Å²) in [4.78, 5) is 33.6. The number of imidazole rings is 1. The quantitative estimate of drug-likeness (QED) is 0.555. The molecule has 0 bridgehead atoms. The van der Waals surface area contributed by atoms with Gasteiger partial charge < -0.3 is 19.1 Å². The van der Waals surface area contributed by atoms with E-state index in [-0.39, 0.29) is 18.0 Å². The second-order valence-electron chi connectivity index (χ2n) is 10.0. The Hall–Kier alpha value is -3.35. The van der Waals surface area contributed by atoms with Gasteiger partial charge in [0.15, 0.2) is 0 Å². The third kappa shape index (κ3) is 5.24. The molecule has 0 radical (unpaired) electrons. The van der Waals surface area contributed by atoms with E-state index in [2.05, 4.69) is 15.6 Å². The second kappa shape index (κ2) is 9.49. The Balaban J connectivity index is 1.36. The van der Waals surface area contributed by atoms with Gasteiger partial charge in [-0.25, -0.2) is 9.78 Å². The summed E-state index contributed by atoms with van der Waals surface area (Å²) in [6.45, 7) is 9.51. The molecule has 1 saturated heterocycles. The summed E-state index contributed by atoms with van der Waals surface area (Å²) >= 11 is 0. The number of nitrogens with zero attached hydrogens (tertiary/aromatic N) is 4. The first-order valence-corrected chi connectivity index (χ1v) is 11.9. The first-order chi connectivity index (χ1) is 16.1. The molecule has 7 nitrogen and oxygen atoms in total. The van der Waals surface area contributed by atoms with Gasteiger partial charge in [-0.05, 0) is 70.4 Å². The largest absolute Gasteiger partial charge is 0.444 e. The molecule has 1 aliphatic rings. The van der Waals surface area contributed by atoms with Crippen molar-refractivity contribution in [3.8, 4) is 0 Å². The highest BCUT2D eigenvalue weighted by Crippen LogP contribution is 2.21. The van der Waals surface area contributed by atoms with E-state index in [0.717, 1.165) is 35.3 Å². The van der Waals surface area contributed by atoms with Crippen LogP contribution in [-0.4, -0.2) is 63.1 Å². The molecule has 0 aliphatic carbocycles. The fraction of sp³-hybridized carbons (Fsp3) is 0.444. The van der Waals surface area contributed by atoms with Crippen molar-refractivity contribution in [2.45, 2.75) is 58.7 Å². The fourth-order valence-electron chi connectivity index (χ4n) is 4.46. The molecule has 7 heteroatoms. The smallest absolute Gasteiger partial charge is 0.410 e. The summed E-state index contributed by atoms with van der Waals surface area (Å²) in [5, 5.41) is 0. The van der Waals surface area contributed by atoms with Gasteiger partial charge in [-0.1, -0.05) is 24.3 Å². The number of aromatic nitrogens is 2. The molecule has 0 unspecified atom stereocenters. The highest BCUT2D eigenvalue weighted by Gasteiger charge is 2.30. The minimum atomic E-state index is -0.503. The maximum atomic E-state index is 13.1. The number of ether oxygens (including phenoxy) is 1. The van der Waals surface area contributed by atoms with Gasteiger partial charge in [0.25, 0.3) is 5.91 Å². The van der Waals surface area contributed by atoms with E-state index in [9.17, 15) is 9.59 Å². The number of para-hydroxylation sites is 2. The lowest BCUT2D eigenvalue weighted by atomic mass is 10.0. The summed E-state index contributed by atoms with van der Waals surface area (Å²) in [6, 6.07) is 16.1. The van der Waals surface area contributed by atoms with Crippen molar-refractivity contribution in [2.75, 3.05) is 20.1 Å². The molecule has 1 fully saturated rings. The van der Waals surface area contributed by atoms with Crippen molar-refractivity contribution >= 4 is 23.0 Å². The average Bonchev–Trinajstić information content (AvgIpc) is 3.12. The van der Waals surface area contributed by atoms with Crippen molar-refractivity contribution in [2.24, 2.45) is 0 Å². The number of likely N-dealkylation sites (tertiary alicyclic amines) is 1. The Morgan fingerprint density at radius 3 is 2.35 bits per heavy atom. The molecule has 2 amide bonds. The first kappa shape index (κ1) is 23.8. The Kier molecular flexibility index (Phi) is 6.64. The molecule has 3 aromatic rings. The van der Waals surface area contributed by atoms with Crippen molar-refractivity contribution in [3.63, 3.8) is 0 Å². The number of fused-ring (bicyclic) bond motifs is 1. The van der Waals surface area contributed by atoms with Crippen LogP contribution in [0.4, 0.5) is 4.79 Å². The Morgan fingerprint density at radius 1 is 1.06 bits per heavy atom. The monoisotopic (exact) mass is 462 g/mol. The van der Waals surface area contributed by atoms with Crippen LogP contribution in [0.3, 0.4) is 0 Å². The molecule has 2 heterocycles. The summed E-state index contributed by atoms with van der Waals surface area (Å²) in [5.41, 5.74) is 3.39. The lowest BCUT2D eigenvalue weighted by Gasteiger charge is -2.37. The molecule has 180 valence electrons. The number of rotatable bonds is 4. The highest BCUT2D eigenvalue weighted by atomic mass is 16.6. The lowest BCUT2D eigenvalue weighted by molar-refractivity contribution is 0.0160. The van der Waals surface area contributed by atoms with Crippen LogP contribution in [0.25, 0.3) is 11.0 Å². The van der Waals surface area contributed by atoms with Gasteiger partial charge >= 0.3 is 6.09 Å². The van der Waals surface area contributed by atoms with E-state index in [1.807, 2.05) is 82.1 Å². The number of hydrogen-bond donors (Lipinski definition) is 0. The SMILES string of the molecule is Cc1nc2ccccc2n1Cc1ccc(C(=O)N(C)C2CCN(C(=O)OC(C)(C)C)CC2)cc1. The van der Waals surface area contributed by atoms with Crippen LogP contribution in [0.5, 0.6) is 0 Å². The number of carbonyl (C=O) groups is 2. The third-order valence-electron chi connectivity index (χ3n) is 6.37. The van der Waals surface area contributed by atoms with E-state index in [1.54, 1.807) is 4.90 Å². The van der Waals surface area contributed by atoms with Gasteiger partial charge in [-0.3, -0.25) is 4.79 Å². The van der Waals surface area contributed by atoms with Crippen LogP contribution in [0.15, 0.2) is 48.5 Å². The Labute approximate surface area is 201 Å². The van der Waals surface area contributed by atoms with Crippen LogP contribution < -0.4 is 0 Å². The van der Waals surface area contributed by atoms with Crippen LogP contribution in [0.2, 0.25) is 0 Å². The van der Waals surface area contributed by atoms with Crippen LogP contribution >= 0.6 is 0 Å². The zero-order chi connectivity index (χ0) is 24.5. The molecular weight excluding hydrogens is 428 g/mol. The third-order valence-corrected chi connectivity index (χ3v) is 6.37. The molecule has 2 aromatic carbocycles.